The Morgan fingerprint density at radius 3 is 2.15 bits per heavy atom. The molecule has 2 N–H and O–H groups in total. The summed E-state index contributed by atoms with van der Waals surface area (Å²) in [6.45, 7) is 0. The Morgan fingerprint density at radius 2 is 1.54 bits per heavy atom. The van der Waals surface area contributed by atoms with Crippen LogP contribution in [0.5, 0.6) is 11.5 Å². The van der Waals surface area contributed by atoms with Gasteiger partial charge in [0.15, 0.2) is 11.5 Å². The van der Waals surface area contributed by atoms with Gasteiger partial charge in [0.1, 0.15) is 27.7 Å². The van der Waals surface area contributed by atoms with Gasteiger partial charge in [0.05, 0.1) is 21.2 Å². The smallest absolute Gasteiger partial charge is 0.330 e. The van der Waals surface area contributed by atoms with Gasteiger partial charge in [-0.25, -0.2) is 26.0 Å². The number of phenolic OH excluding ortho intramolecular Hbond substituents is 1. The molecule has 0 aromatic heterocycles. The fraction of sp³-hybridized carbons (Fsp3) is 0.300. The molecule has 39 heavy (non-hydrogen) atoms. The number of sulfonamides is 2. The van der Waals surface area contributed by atoms with Crippen molar-refractivity contribution in [2.24, 2.45) is 0 Å². The molecule has 2 aromatic carbocycles. The van der Waals surface area contributed by atoms with E-state index in [9.17, 15) is 41.0 Å². The fourth-order valence-corrected chi connectivity index (χ4v) is 11.6. The number of esters is 1. The Balaban J connectivity index is 1.71. The first-order chi connectivity index (χ1) is 18.2. The number of rotatable bonds is 7. The maximum absolute atomic E-state index is 13.9. The van der Waals surface area contributed by atoms with Crippen LogP contribution < -0.4 is 4.74 Å². The summed E-state index contributed by atoms with van der Waals surface area (Å²) in [5, 5.41) is 19.0. The van der Waals surface area contributed by atoms with Gasteiger partial charge < -0.3 is 14.9 Å². The number of halogens is 4. The molecule has 2 heterocycles. The molecule has 11 nitrogen and oxygen atoms in total. The molecule has 0 spiro atoms. The van der Waals surface area contributed by atoms with Gasteiger partial charge in [-0.15, -0.1) is 23.5 Å². The minimum absolute atomic E-state index is 0.00548. The lowest BCUT2D eigenvalue weighted by molar-refractivity contribution is -0.140. The van der Waals surface area contributed by atoms with Crippen molar-refractivity contribution in [3.05, 3.63) is 44.6 Å². The third-order valence-electron chi connectivity index (χ3n) is 5.58. The highest BCUT2D eigenvalue weighted by Gasteiger charge is 2.45. The number of benzene rings is 2. The lowest BCUT2D eigenvalue weighted by atomic mass is 10.3. The molecular weight excluding hydrogens is 710 g/mol. The minimum Gasteiger partial charge on any atom is -0.505 e. The summed E-state index contributed by atoms with van der Waals surface area (Å²) in [7, 11) is -9.24. The van der Waals surface area contributed by atoms with Crippen LogP contribution in [0.25, 0.3) is 0 Å². The summed E-state index contributed by atoms with van der Waals surface area (Å²) in [5.74, 6) is -5.60. The zero-order valence-electron chi connectivity index (χ0n) is 19.1. The van der Waals surface area contributed by atoms with Crippen LogP contribution in [0.2, 0.25) is 10.0 Å². The second kappa shape index (κ2) is 11.5. The van der Waals surface area contributed by atoms with Crippen LogP contribution in [-0.4, -0.2) is 82.9 Å². The highest BCUT2D eigenvalue weighted by atomic mass is 79.9. The van der Waals surface area contributed by atoms with Crippen LogP contribution in [-0.2, 0) is 29.6 Å². The number of ether oxygens (including phenoxy) is 1. The summed E-state index contributed by atoms with van der Waals surface area (Å²) >= 11 is 17.0. The average molecular weight is 726 g/mol. The molecule has 2 aliphatic rings. The molecule has 2 aliphatic heterocycles. The Labute approximate surface area is 248 Å². The third kappa shape index (κ3) is 5.88. The number of hydrogen-bond acceptors (Lipinski definition) is 10. The van der Waals surface area contributed by atoms with E-state index in [0.29, 0.717) is 16.4 Å². The van der Waals surface area contributed by atoms with E-state index < -0.39 is 76.2 Å². The first-order valence-electron chi connectivity index (χ1n) is 10.5. The number of thioether (sulfide) groups is 2. The Kier molecular flexibility index (Phi) is 9.05. The normalized spacial score (nSPS) is 20.8. The van der Waals surface area contributed by atoms with E-state index in [2.05, 4.69) is 15.9 Å². The summed E-state index contributed by atoms with van der Waals surface area (Å²) in [4.78, 5) is 23.4. The van der Waals surface area contributed by atoms with Gasteiger partial charge in [-0.1, -0.05) is 23.2 Å². The van der Waals surface area contributed by atoms with Crippen molar-refractivity contribution in [1.82, 2.24) is 8.61 Å². The molecule has 4 rings (SSSR count). The van der Waals surface area contributed by atoms with Crippen molar-refractivity contribution in [1.29, 1.82) is 0 Å². The number of carboxylic acid groups (broad SMARTS) is 1. The zero-order chi connectivity index (χ0) is 28.9. The van der Waals surface area contributed by atoms with Gasteiger partial charge in [-0.2, -0.15) is 8.61 Å². The largest absolute Gasteiger partial charge is 0.505 e. The Bertz CT molecular complexity index is 1580. The van der Waals surface area contributed by atoms with Gasteiger partial charge in [-0.05, 0) is 40.2 Å². The third-order valence-corrected chi connectivity index (χ3v) is 12.8. The number of aromatic hydroxyl groups is 1. The van der Waals surface area contributed by atoms with E-state index >= 15 is 0 Å². The number of phenols is 1. The molecule has 0 saturated carbocycles. The van der Waals surface area contributed by atoms with Crippen LogP contribution in [0, 0.1) is 5.82 Å². The fourth-order valence-electron chi connectivity index (χ4n) is 3.70. The van der Waals surface area contributed by atoms with Crippen LogP contribution >= 0.6 is 62.7 Å². The van der Waals surface area contributed by atoms with E-state index in [1.165, 1.54) is 6.07 Å². The predicted molar refractivity (Wildman–Crippen MR) is 146 cm³/mol. The second-order valence-electron chi connectivity index (χ2n) is 8.02. The average Bonchev–Trinajstić information content (AvgIpc) is 3.53. The summed E-state index contributed by atoms with van der Waals surface area (Å²) < 4.78 is 74.2. The van der Waals surface area contributed by atoms with Crippen molar-refractivity contribution in [3.63, 3.8) is 0 Å². The second-order valence-corrected chi connectivity index (χ2v) is 15.4. The SMILES string of the molecule is O=C(Oc1c(Br)cc(Cl)cc1S(=O)(=O)N1CSC[C@H]1C(=O)O)[C@H]1CSCN1S(=O)(=O)c1cc(F)cc(Cl)c1O. The maximum Gasteiger partial charge on any atom is 0.330 e. The molecule has 0 radical (unpaired) electrons. The summed E-state index contributed by atoms with van der Waals surface area (Å²) in [6, 6.07) is 0.606. The highest BCUT2D eigenvalue weighted by Crippen LogP contribution is 2.41. The molecular formula is C20H16BrCl2FN2O9S4. The number of nitrogens with zero attached hydrogens (tertiary/aromatic N) is 2. The van der Waals surface area contributed by atoms with Crippen LogP contribution in [0.3, 0.4) is 0 Å². The van der Waals surface area contributed by atoms with Gasteiger partial charge >= 0.3 is 11.9 Å². The molecule has 0 amide bonds. The van der Waals surface area contributed by atoms with Crippen molar-refractivity contribution < 1.29 is 45.8 Å². The number of carbonyl (C=O) groups excluding carboxylic acids is 1. The van der Waals surface area contributed by atoms with Crippen molar-refractivity contribution >= 4 is 94.6 Å². The monoisotopic (exact) mass is 724 g/mol. The number of carboxylic acids is 1. The molecule has 0 unspecified atom stereocenters. The van der Waals surface area contributed by atoms with E-state index in [-0.39, 0.29) is 32.8 Å². The molecule has 2 fully saturated rings. The lowest BCUT2D eigenvalue weighted by Gasteiger charge is -2.24. The first kappa shape index (κ1) is 30.6. The first-order valence-corrected chi connectivity index (χ1v) is 17.2. The zero-order valence-corrected chi connectivity index (χ0v) is 25.4. The lowest BCUT2D eigenvalue weighted by Crippen LogP contribution is -2.44. The maximum atomic E-state index is 13.9. The van der Waals surface area contributed by atoms with Gasteiger partial charge in [0, 0.05) is 16.5 Å². The number of hydrogen-bond donors (Lipinski definition) is 2. The van der Waals surface area contributed by atoms with Crippen LogP contribution in [0.1, 0.15) is 0 Å². The van der Waals surface area contributed by atoms with Gasteiger partial charge in [0.2, 0.25) is 20.0 Å². The van der Waals surface area contributed by atoms with E-state index in [0.717, 1.165) is 33.9 Å². The van der Waals surface area contributed by atoms with Crippen LogP contribution in [0.4, 0.5) is 4.39 Å². The van der Waals surface area contributed by atoms with Crippen molar-refractivity contribution in [2.45, 2.75) is 21.9 Å². The standard InChI is InChI=1S/C20H16BrCl2FN2O9S4/c21-11-1-9(22)2-16(39(33,34)25-7-36-5-13(25)19(28)29)18(11)35-20(30)14-6-37-8-26(14)38(31,32)15-4-10(24)3-12(23)17(15)27/h1-4,13-14,27H,5-8H2,(H,28,29)/t13-,14+/m0/s1. The van der Waals surface area contributed by atoms with Crippen molar-refractivity contribution in [3.8, 4) is 11.5 Å². The van der Waals surface area contributed by atoms with Gasteiger partial charge in [-0.3, -0.25) is 4.79 Å². The van der Waals surface area contributed by atoms with E-state index in [1.54, 1.807) is 0 Å². The molecule has 0 aliphatic carbocycles. The molecule has 2 saturated heterocycles. The minimum atomic E-state index is -4.68. The highest BCUT2D eigenvalue weighted by molar-refractivity contribution is 9.10. The summed E-state index contributed by atoms with van der Waals surface area (Å²) in [5.41, 5.74) is 0. The number of carbonyl (C=O) groups is 2. The molecule has 19 heteroatoms. The number of aliphatic carboxylic acids is 1. The van der Waals surface area contributed by atoms with Crippen molar-refractivity contribution in [2.75, 3.05) is 23.3 Å². The van der Waals surface area contributed by atoms with E-state index in [1.807, 2.05) is 0 Å². The predicted octanol–water partition coefficient (Wildman–Crippen LogP) is 3.42. The van der Waals surface area contributed by atoms with Crippen LogP contribution in [0.15, 0.2) is 38.5 Å². The molecule has 0 bridgehead atoms. The molecule has 2 aromatic rings. The van der Waals surface area contributed by atoms with E-state index in [4.69, 9.17) is 27.9 Å². The molecule has 2 atom stereocenters. The summed E-state index contributed by atoms with van der Waals surface area (Å²) in [6.07, 6.45) is 0. The Morgan fingerprint density at radius 1 is 0.974 bits per heavy atom. The van der Waals surface area contributed by atoms with Gasteiger partial charge in [0.25, 0.3) is 0 Å². The molecule has 212 valence electrons. The Hall–Kier alpha value is -1.31. The topological polar surface area (TPSA) is 159 Å². The quantitative estimate of drug-likeness (QED) is 0.318.